The molecule has 0 unspecified atom stereocenters. The number of aliphatic hydroxyl groups is 1. The summed E-state index contributed by atoms with van der Waals surface area (Å²) in [6.07, 6.45) is -3.89. The Hall–Kier alpha value is -7.68. The van der Waals surface area contributed by atoms with Crippen molar-refractivity contribution in [2.75, 3.05) is 6.54 Å². The highest BCUT2D eigenvalue weighted by Crippen LogP contribution is 2.32. The number of alkyl carbamates (subject to hydrolysis) is 2. The van der Waals surface area contributed by atoms with Crippen LogP contribution in [-0.2, 0) is 67.9 Å². The number of nitrogens with one attached hydrogen (secondary N) is 4. The van der Waals surface area contributed by atoms with Crippen molar-refractivity contribution in [3.05, 3.63) is 196 Å². The van der Waals surface area contributed by atoms with Crippen molar-refractivity contribution in [1.29, 1.82) is 0 Å². The van der Waals surface area contributed by atoms with E-state index in [0.717, 1.165) is 11.1 Å². The van der Waals surface area contributed by atoms with E-state index in [1.165, 1.54) is 0 Å². The second kappa shape index (κ2) is 24.2. The summed E-state index contributed by atoms with van der Waals surface area (Å²) in [5.41, 5.74) is 5.49. The van der Waals surface area contributed by atoms with Gasteiger partial charge in [0, 0.05) is 30.8 Å². The first kappa shape index (κ1) is 48.3. The van der Waals surface area contributed by atoms with E-state index in [0.29, 0.717) is 44.2 Å². The number of carbonyl (C=O) groups is 5. The molecule has 1 aliphatic rings. The number of halogens is 1. The molecule has 4 amide bonds. The fourth-order valence-corrected chi connectivity index (χ4v) is 7.59. The molecule has 4 bridgehead atoms. The van der Waals surface area contributed by atoms with Crippen molar-refractivity contribution in [1.82, 2.24) is 21.3 Å². The Morgan fingerprint density at radius 2 is 1.12 bits per heavy atom. The lowest BCUT2D eigenvalue weighted by Gasteiger charge is -2.27. The van der Waals surface area contributed by atoms with Gasteiger partial charge in [0.05, 0.1) is 6.10 Å². The zero-order chi connectivity index (χ0) is 47.7. The number of hydrogen-bond donors (Lipinski definition) is 5. The summed E-state index contributed by atoms with van der Waals surface area (Å²) in [4.78, 5) is 69.4. The minimum atomic E-state index is -1.54. The van der Waals surface area contributed by atoms with Crippen LogP contribution >= 0.6 is 11.6 Å². The molecular weight excluding hydrogens is 888 g/mol. The summed E-state index contributed by atoms with van der Waals surface area (Å²) < 4.78 is 22.9. The maximum absolute atomic E-state index is 14.7. The van der Waals surface area contributed by atoms with Crippen LogP contribution in [0.4, 0.5) is 9.59 Å². The molecule has 5 N–H and O–H groups in total. The van der Waals surface area contributed by atoms with E-state index in [1.807, 2.05) is 60.7 Å². The number of carbonyl (C=O) groups excluding carboxylic acids is 5. The van der Waals surface area contributed by atoms with Gasteiger partial charge in [0.1, 0.15) is 50.3 Å². The average molecular weight is 939 g/mol. The molecule has 6 aromatic carbocycles. The largest absolute Gasteiger partial charge is 0.489 e. The molecule has 0 saturated heterocycles. The fraction of sp³-hybridized carbons (Fsp3) is 0.226. The number of aliphatic hydroxyl groups excluding tert-OH is 1. The zero-order valence-corrected chi connectivity index (χ0v) is 37.7. The lowest BCUT2D eigenvalue weighted by molar-refractivity contribution is -0.149. The smallest absolute Gasteiger partial charge is 0.408 e. The second-order valence-corrected chi connectivity index (χ2v) is 16.5. The minimum absolute atomic E-state index is 0.0252. The Labute approximate surface area is 398 Å². The first-order chi connectivity index (χ1) is 33.1. The van der Waals surface area contributed by atoms with Gasteiger partial charge in [-0.1, -0.05) is 145 Å². The van der Waals surface area contributed by atoms with Crippen LogP contribution in [0.15, 0.2) is 158 Å². The van der Waals surface area contributed by atoms with E-state index in [4.69, 9.17) is 30.5 Å². The van der Waals surface area contributed by atoms with Gasteiger partial charge in [0.25, 0.3) is 0 Å². The van der Waals surface area contributed by atoms with Gasteiger partial charge in [-0.05, 0) is 68.8 Å². The Morgan fingerprint density at radius 3 is 1.71 bits per heavy atom. The number of amides is 4. The SMILES string of the molecule is O=C(NC[C@H](O)C[C@@H]1NC(=O)[C@@H](NC(=O)OCc2ccccc2)Cc2cc(ccc2OCc2ccccc2)-c2ccc(Cl)c(c2)C[C@@H](C(=O)OCc2ccccc2)NC1=O)OCc1ccccc1. The molecule has 0 aliphatic carbocycles. The van der Waals surface area contributed by atoms with Gasteiger partial charge < -0.3 is 45.3 Å². The molecule has 0 saturated carbocycles. The quantitative estimate of drug-likeness (QED) is 0.0514. The van der Waals surface area contributed by atoms with E-state index >= 15 is 0 Å². The summed E-state index contributed by atoms with van der Waals surface area (Å²) in [5.74, 6) is -2.06. The highest BCUT2D eigenvalue weighted by molar-refractivity contribution is 6.31. The Kier molecular flexibility index (Phi) is 17.2. The zero-order valence-electron chi connectivity index (χ0n) is 37.0. The van der Waals surface area contributed by atoms with Gasteiger partial charge in [-0.2, -0.15) is 0 Å². The maximum atomic E-state index is 14.7. The van der Waals surface area contributed by atoms with Crippen LogP contribution in [0.1, 0.15) is 39.8 Å². The Balaban J connectivity index is 1.22. The highest BCUT2D eigenvalue weighted by atomic mass is 35.5. The molecule has 1 heterocycles. The van der Waals surface area contributed by atoms with Crippen LogP contribution in [0, 0.1) is 0 Å². The molecule has 0 radical (unpaired) electrons. The van der Waals surface area contributed by atoms with Crippen molar-refractivity contribution in [3.63, 3.8) is 0 Å². The van der Waals surface area contributed by atoms with Gasteiger partial charge in [0.2, 0.25) is 11.8 Å². The second-order valence-electron chi connectivity index (χ2n) is 16.1. The lowest BCUT2D eigenvalue weighted by Crippen LogP contribution is -2.57. The molecule has 6 aromatic rings. The van der Waals surface area contributed by atoms with E-state index in [-0.39, 0.29) is 45.8 Å². The van der Waals surface area contributed by atoms with Gasteiger partial charge in [0.15, 0.2) is 0 Å². The van der Waals surface area contributed by atoms with Crippen LogP contribution < -0.4 is 26.0 Å². The molecule has 14 nitrogen and oxygen atoms in total. The predicted octanol–water partition coefficient (Wildman–Crippen LogP) is 7.37. The molecule has 0 spiro atoms. The third kappa shape index (κ3) is 14.4. The molecule has 350 valence electrons. The topological polar surface area (TPSA) is 191 Å². The molecule has 7 rings (SSSR count). The summed E-state index contributed by atoms with van der Waals surface area (Å²) in [6, 6.07) is 43.0. The van der Waals surface area contributed by atoms with E-state index in [2.05, 4.69) is 21.3 Å². The molecule has 4 atom stereocenters. The number of ether oxygens (including phenoxy) is 4. The van der Waals surface area contributed by atoms with Gasteiger partial charge >= 0.3 is 18.2 Å². The van der Waals surface area contributed by atoms with Crippen LogP contribution in [0.5, 0.6) is 5.75 Å². The number of rotatable bonds is 15. The maximum Gasteiger partial charge on any atom is 0.408 e. The monoisotopic (exact) mass is 938 g/mol. The molecule has 1 aliphatic heterocycles. The van der Waals surface area contributed by atoms with Gasteiger partial charge in [-0.3, -0.25) is 9.59 Å². The van der Waals surface area contributed by atoms with Crippen molar-refractivity contribution < 1.29 is 48.0 Å². The molecular formula is C53H51ClN4O10. The van der Waals surface area contributed by atoms with Crippen LogP contribution in [0.2, 0.25) is 5.02 Å². The first-order valence-corrected chi connectivity index (χ1v) is 22.4. The van der Waals surface area contributed by atoms with Crippen molar-refractivity contribution >= 4 is 41.6 Å². The molecule has 68 heavy (non-hydrogen) atoms. The van der Waals surface area contributed by atoms with Gasteiger partial charge in [-0.25, -0.2) is 14.4 Å². The summed E-state index contributed by atoms with van der Waals surface area (Å²) in [7, 11) is 0. The lowest BCUT2D eigenvalue weighted by atomic mass is 9.95. The van der Waals surface area contributed by atoms with Crippen molar-refractivity contribution in [2.24, 2.45) is 0 Å². The van der Waals surface area contributed by atoms with Gasteiger partial charge in [-0.15, -0.1) is 0 Å². The molecule has 0 fully saturated rings. The van der Waals surface area contributed by atoms with E-state index < -0.39 is 60.6 Å². The third-order valence-corrected chi connectivity index (χ3v) is 11.4. The van der Waals surface area contributed by atoms with Crippen LogP contribution in [0.3, 0.4) is 0 Å². The van der Waals surface area contributed by atoms with E-state index in [1.54, 1.807) is 97.1 Å². The number of fused-ring (bicyclic) bond motifs is 5. The summed E-state index contributed by atoms with van der Waals surface area (Å²) in [5, 5.41) is 22.3. The van der Waals surface area contributed by atoms with Crippen LogP contribution in [-0.4, -0.2) is 65.9 Å². The van der Waals surface area contributed by atoms with Crippen molar-refractivity contribution in [2.45, 2.75) is 69.9 Å². The Morgan fingerprint density at radius 1 is 0.603 bits per heavy atom. The number of esters is 1. The average Bonchev–Trinajstić information content (AvgIpc) is 3.36. The van der Waals surface area contributed by atoms with E-state index in [9.17, 15) is 29.1 Å². The highest BCUT2D eigenvalue weighted by Gasteiger charge is 2.33. The number of benzene rings is 6. The summed E-state index contributed by atoms with van der Waals surface area (Å²) in [6.45, 7) is -0.402. The normalized spacial score (nSPS) is 16.3. The summed E-state index contributed by atoms with van der Waals surface area (Å²) >= 11 is 6.79. The standard InChI is InChI=1S/C53H51ClN4O10/c54-44-23-21-39-25-41(44)27-47(51(62)66-32-36-15-7-2-8-16-36)57-50(61)46(29-43(59)30-55-52(63)67-33-37-17-9-3-10-18-37)56-49(60)45(58-53(64)68-34-38-19-11-4-12-20-38)28-42-26-40(39)22-24-48(42)65-31-35-13-5-1-6-14-35/h1-26,43,45-47,59H,27-34H2,(H,55,63)(H,56,60)(H,57,61)(H,58,64)/t43-,45+,46+,47+/m1/s1. The molecule has 15 heteroatoms. The third-order valence-electron chi connectivity index (χ3n) is 11.0. The fourth-order valence-electron chi connectivity index (χ4n) is 7.39. The predicted molar refractivity (Wildman–Crippen MR) is 254 cm³/mol. The number of hydrogen-bond acceptors (Lipinski definition) is 10. The Bertz CT molecular complexity index is 2640. The van der Waals surface area contributed by atoms with Crippen LogP contribution in [0.25, 0.3) is 11.1 Å². The minimum Gasteiger partial charge on any atom is -0.489 e. The molecule has 0 aromatic heterocycles. The first-order valence-electron chi connectivity index (χ1n) is 22.1. The van der Waals surface area contributed by atoms with Crippen molar-refractivity contribution in [3.8, 4) is 16.9 Å².